The van der Waals surface area contributed by atoms with Crippen molar-refractivity contribution in [1.82, 2.24) is 5.16 Å². The lowest BCUT2D eigenvalue weighted by molar-refractivity contribution is -0.00641. The molecule has 3 fully saturated rings. The van der Waals surface area contributed by atoms with E-state index in [1.54, 1.807) is 0 Å². The van der Waals surface area contributed by atoms with Crippen molar-refractivity contribution < 1.29 is 9.26 Å². The number of hydrogen-bond donors (Lipinski definition) is 0. The van der Waals surface area contributed by atoms with Gasteiger partial charge in [-0.1, -0.05) is 39.5 Å². The van der Waals surface area contributed by atoms with Crippen LogP contribution in [0.4, 0.5) is 0 Å². The van der Waals surface area contributed by atoms with Crippen LogP contribution in [0.5, 0.6) is 0 Å². The molecule has 1 aromatic carbocycles. The minimum Gasteiger partial charge on any atom is -0.373 e. The Labute approximate surface area is 179 Å². The molecule has 1 heterocycles. The van der Waals surface area contributed by atoms with E-state index in [0.717, 1.165) is 49.8 Å². The van der Waals surface area contributed by atoms with Crippen LogP contribution in [0.2, 0.25) is 10.0 Å². The predicted molar refractivity (Wildman–Crippen MR) is 111 cm³/mol. The third-order valence-corrected chi connectivity index (χ3v) is 7.25. The fraction of sp³-hybridized carbons (Fsp3) is 0.571. The average Bonchev–Trinajstić information content (AvgIpc) is 3.42. The molecule has 3 aliphatic carbocycles. The van der Waals surface area contributed by atoms with Crippen molar-refractivity contribution in [2.45, 2.75) is 63.2 Å². The highest BCUT2D eigenvalue weighted by atomic mass is 35.5. The van der Waals surface area contributed by atoms with Gasteiger partial charge in [0.15, 0.2) is 0 Å². The number of azide groups is 1. The number of nitrogens with zero attached hydrogens (tertiary/aromatic N) is 4. The van der Waals surface area contributed by atoms with Crippen molar-refractivity contribution >= 4 is 23.2 Å². The normalized spacial score (nSPS) is 28.3. The van der Waals surface area contributed by atoms with Crippen LogP contribution < -0.4 is 0 Å². The van der Waals surface area contributed by atoms with Crippen LogP contribution >= 0.6 is 23.2 Å². The van der Waals surface area contributed by atoms with E-state index < -0.39 is 0 Å². The second kappa shape index (κ2) is 7.84. The minimum atomic E-state index is 0.134. The third kappa shape index (κ3) is 3.64. The molecule has 0 radical (unpaired) electrons. The third-order valence-electron chi connectivity index (χ3n) is 6.62. The van der Waals surface area contributed by atoms with Crippen LogP contribution in [0.15, 0.2) is 27.8 Å². The van der Waals surface area contributed by atoms with Crippen molar-refractivity contribution in [3.8, 4) is 11.3 Å². The van der Waals surface area contributed by atoms with Crippen LogP contribution in [0.1, 0.15) is 55.8 Å². The molecule has 6 nitrogen and oxygen atoms in total. The smallest absolute Gasteiger partial charge is 0.145 e. The molecule has 0 aliphatic heterocycles. The number of hydrogen-bond acceptors (Lipinski definition) is 4. The van der Waals surface area contributed by atoms with Crippen LogP contribution in [-0.2, 0) is 11.3 Å². The second-order valence-electron chi connectivity index (χ2n) is 8.44. The van der Waals surface area contributed by atoms with Gasteiger partial charge >= 0.3 is 0 Å². The topological polar surface area (TPSA) is 84.0 Å². The first kappa shape index (κ1) is 19.3. The standard InChI is InChI=1S/C21H22Cl2N4O2/c22-16-2-1-3-17(23)18(16)20-15(21(29-26-20)11-4-5-11)10-28-14-8-12-6-7-13(9-14)19(12)25-27-24/h1-3,11-14,19H,4-10H2. The number of fused-ring (bicyclic) bond motifs is 2. The monoisotopic (exact) mass is 432 g/mol. The first-order valence-corrected chi connectivity index (χ1v) is 11.0. The summed E-state index contributed by atoms with van der Waals surface area (Å²) < 4.78 is 12.1. The van der Waals surface area contributed by atoms with Crippen LogP contribution in [0, 0.1) is 11.8 Å². The lowest BCUT2D eigenvalue weighted by Crippen LogP contribution is -2.33. The molecule has 8 heteroatoms. The zero-order chi connectivity index (χ0) is 20.0. The molecule has 2 bridgehead atoms. The molecular formula is C21H22Cl2N4O2. The number of halogens is 2. The van der Waals surface area contributed by atoms with E-state index in [1.807, 2.05) is 18.2 Å². The summed E-state index contributed by atoms with van der Waals surface area (Å²) >= 11 is 12.9. The van der Waals surface area contributed by atoms with Gasteiger partial charge in [0.1, 0.15) is 11.5 Å². The molecule has 2 aromatic rings. The van der Waals surface area contributed by atoms with Crippen molar-refractivity contribution in [3.05, 3.63) is 50.0 Å². The van der Waals surface area contributed by atoms with E-state index in [-0.39, 0.29) is 12.1 Å². The average molecular weight is 433 g/mol. The summed E-state index contributed by atoms with van der Waals surface area (Å²) in [5, 5.41) is 9.49. The Morgan fingerprint density at radius 3 is 2.45 bits per heavy atom. The maximum absolute atomic E-state index is 8.84. The number of ether oxygens (including phenoxy) is 1. The van der Waals surface area contributed by atoms with E-state index in [0.29, 0.717) is 45.7 Å². The maximum atomic E-state index is 8.84. The first-order chi connectivity index (χ1) is 14.2. The minimum absolute atomic E-state index is 0.134. The summed E-state index contributed by atoms with van der Waals surface area (Å²) in [5.41, 5.74) is 11.2. The summed E-state index contributed by atoms with van der Waals surface area (Å²) in [5.74, 6) is 2.17. The second-order valence-corrected chi connectivity index (χ2v) is 9.26. The van der Waals surface area contributed by atoms with E-state index >= 15 is 0 Å². The molecule has 0 N–H and O–H groups in total. The van der Waals surface area contributed by atoms with Gasteiger partial charge in [-0.25, -0.2) is 0 Å². The quantitative estimate of drug-likeness (QED) is 0.282. The van der Waals surface area contributed by atoms with Crippen molar-refractivity contribution in [3.63, 3.8) is 0 Å². The lowest BCUT2D eigenvalue weighted by Gasteiger charge is -2.32. The molecule has 1 aromatic heterocycles. The van der Waals surface area contributed by atoms with Gasteiger partial charge in [0.2, 0.25) is 0 Å². The zero-order valence-corrected chi connectivity index (χ0v) is 17.4. The molecule has 2 unspecified atom stereocenters. The zero-order valence-electron chi connectivity index (χ0n) is 15.9. The first-order valence-electron chi connectivity index (χ1n) is 10.2. The number of benzene rings is 1. The lowest BCUT2D eigenvalue weighted by atomic mass is 9.83. The molecule has 0 spiro atoms. The summed E-state index contributed by atoms with van der Waals surface area (Å²) in [6.45, 7) is 0.433. The SMILES string of the molecule is [N-]=[N+]=NC1C2CCC1CC(OCc1c(-c3c(Cl)cccc3Cl)noc1C1CC1)C2. The van der Waals surface area contributed by atoms with Crippen molar-refractivity contribution in [2.75, 3.05) is 0 Å². The van der Waals surface area contributed by atoms with Gasteiger partial charge in [0.25, 0.3) is 0 Å². The highest BCUT2D eigenvalue weighted by Crippen LogP contribution is 2.48. The van der Waals surface area contributed by atoms with Crippen molar-refractivity contribution in [2.24, 2.45) is 17.0 Å². The van der Waals surface area contributed by atoms with Crippen molar-refractivity contribution in [1.29, 1.82) is 0 Å². The van der Waals surface area contributed by atoms with Gasteiger partial charge in [0, 0.05) is 28.0 Å². The Morgan fingerprint density at radius 2 is 1.83 bits per heavy atom. The Hall–Kier alpha value is -1.72. The van der Waals surface area contributed by atoms with Crippen LogP contribution in [-0.4, -0.2) is 17.3 Å². The highest BCUT2D eigenvalue weighted by molar-refractivity contribution is 6.39. The summed E-state index contributed by atoms with van der Waals surface area (Å²) in [6.07, 6.45) is 6.50. The molecule has 2 atom stereocenters. The Kier molecular flexibility index (Phi) is 5.21. The fourth-order valence-electron chi connectivity index (χ4n) is 5.07. The van der Waals surface area contributed by atoms with Gasteiger partial charge in [-0.05, 0) is 68.0 Å². The highest BCUT2D eigenvalue weighted by Gasteiger charge is 2.43. The number of rotatable bonds is 6. The van der Waals surface area contributed by atoms with Gasteiger partial charge in [0.05, 0.1) is 22.8 Å². The largest absolute Gasteiger partial charge is 0.373 e. The molecule has 0 amide bonds. The van der Waals surface area contributed by atoms with E-state index in [1.165, 1.54) is 0 Å². The Bertz CT molecular complexity index is 933. The van der Waals surface area contributed by atoms with E-state index in [2.05, 4.69) is 15.2 Å². The molecule has 3 aliphatic rings. The predicted octanol–water partition coefficient (Wildman–Crippen LogP) is 6.91. The van der Waals surface area contributed by atoms with Gasteiger partial charge < -0.3 is 9.26 Å². The molecule has 5 rings (SSSR count). The van der Waals surface area contributed by atoms with Crippen LogP contribution in [0.3, 0.4) is 0 Å². The molecule has 152 valence electrons. The molecule has 3 saturated carbocycles. The van der Waals surface area contributed by atoms with Crippen LogP contribution in [0.25, 0.3) is 21.7 Å². The Morgan fingerprint density at radius 1 is 1.14 bits per heavy atom. The fourth-order valence-corrected chi connectivity index (χ4v) is 5.65. The van der Waals surface area contributed by atoms with E-state index in [4.69, 9.17) is 38.0 Å². The molecule has 0 saturated heterocycles. The number of aromatic nitrogens is 1. The Balaban J connectivity index is 1.38. The van der Waals surface area contributed by atoms with Gasteiger partial charge in [-0.2, -0.15) is 0 Å². The molecule has 29 heavy (non-hydrogen) atoms. The maximum Gasteiger partial charge on any atom is 0.145 e. The summed E-state index contributed by atoms with van der Waals surface area (Å²) in [7, 11) is 0. The van der Waals surface area contributed by atoms with E-state index in [9.17, 15) is 0 Å². The van der Waals surface area contributed by atoms with Gasteiger partial charge in [-0.15, -0.1) is 0 Å². The summed E-state index contributed by atoms with van der Waals surface area (Å²) in [4.78, 5) is 3.05. The van der Waals surface area contributed by atoms with Gasteiger partial charge in [-0.3, -0.25) is 0 Å². The summed E-state index contributed by atoms with van der Waals surface area (Å²) in [6, 6.07) is 5.58. The molecular weight excluding hydrogens is 411 g/mol.